The number of ether oxygens (including phenoxy) is 1. The third-order valence-corrected chi connectivity index (χ3v) is 5.76. The summed E-state index contributed by atoms with van der Waals surface area (Å²) in [7, 11) is 0. The van der Waals surface area contributed by atoms with Crippen molar-refractivity contribution in [3.8, 4) is 5.75 Å². The minimum absolute atomic E-state index is 0.334. The van der Waals surface area contributed by atoms with Gasteiger partial charge < -0.3 is 9.30 Å². The molecule has 5 nitrogen and oxygen atoms in total. The van der Waals surface area contributed by atoms with Crippen molar-refractivity contribution in [3.63, 3.8) is 0 Å². The molecule has 1 fully saturated rings. The van der Waals surface area contributed by atoms with Crippen LogP contribution in [-0.2, 0) is 11.3 Å². The predicted octanol–water partition coefficient (Wildman–Crippen LogP) is 4.66. The molecule has 1 aromatic heterocycles. The summed E-state index contributed by atoms with van der Waals surface area (Å²) < 4.78 is 8.19. The van der Waals surface area contributed by atoms with E-state index in [0.717, 1.165) is 29.6 Å². The Morgan fingerprint density at radius 3 is 2.54 bits per heavy atom. The molecule has 0 radical (unpaired) electrons. The molecule has 2 aromatic carbocycles. The van der Waals surface area contributed by atoms with Crippen LogP contribution in [0.5, 0.6) is 5.75 Å². The summed E-state index contributed by atoms with van der Waals surface area (Å²) in [5.74, 6) is 0.424. The Hall–Kier alpha value is -2.99. The maximum absolute atomic E-state index is 11.6. The number of hydrogen-bond acceptors (Lipinski definition) is 4. The van der Waals surface area contributed by atoms with Gasteiger partial charge >= 0.3 is 0 Å². The molecule has 1 aliphatic rings. The molecule has 0 saturated carbocycles. The number of rotatable bonds is 5. The number of aryl methyl sites for hydroxylation is 1. The van der Waals surface area contributed by atoms with Crippen molar-refractivity contribution in [2.45, 2.75) is 20.4 Å². The Balaban J connectivity index is 1.41. The molecule has 1 saturated heterocycles. The number of hydrogen-bond donors (Lipinski definition) is 1. The maximum Gasteiger partial charge on any atom is 0.290 e. The molecule has 142 valence electrons. The average Bonchev–Trinajstić information content (AvgIpc) is 3.14. The van der Waals surface area contributed by atoms with Gasteiger partial charge in [-0.25, -0.2) is 0 Å². The van der Waals surface area contributed by atoms with E-state index >= 15 is 0 Å². The normalized spacial score (nSPS) is 15.4. The van der Waals surface area contributed by atoms with Gasteiger partial charge in [0.1, 0.15) is 12.4 Å². The lowest BCUT2D eigenvalue weighted by atomic mass is 10.2. The van der Waals surface area contributed by atoms with Crippen molar-refractivity contribution < 1.29 is 14.3 Å². The Labute approximate surface area is 167 Å². The number of para-hydroxylation sites is 1. The lowest BCUT2D eigenvalue weighted by molar-refractivity contribution is -0.115. The highest BCUT2D eigenvalue weighted by Gasteiger charge is 2.24. The Morgan fingerprint density at radius 1 is 1.07 bits per heavy atom. The van der Waals surface area contributed by atoms with E-state index in [1.165, 1.54) is 22.2 Å². The van der Waals surface area contributed by atoms with E-state index in [4.69, 9.17) is 4.74 Å². The van der Waals surface area contributed by atoms with Gasteiger partial charge in [0, 0.05) is 16.6 Å². The first kappa shape index (κ1) is 18.4. The number of amides is 2. The molecule has 3 aromatic rings. The Kier molecular flexibility index (Phi) is 4.96. The third kappa shape index (κ3) is 3.55. The SMILES string of the molecule is Cc1c(C)n(CCOc2ccc(/C=C3/SC(=O)NC3=O)cc2)c2ccccc12. The van der Waals surface area contributed by atoms with E-state index in [1.54, 1.807) is 6.08 Å². The zero-order chi connectivity index (χ0) is 19.7. The molecule has 0 aliphatic carbocycles. The van der Waals surface area contributed by atoms with Crippen molar-refractivity contribution in [1.82, 2.24) is 9.88 Å². The molecule has 6 heteroatoms. The molecule has 1 aliphatic heterocycles. The third-order valence-electron chi connectivity index (χ3n) is 4.95. The van der Waals surface area contributed by atoms with E-state index in [0.29, 0.717) is 11.5 Å². The number of fused-ring (bicyclic) bond motifs is 1. The van der Waals surface area contributed by atoms with Crippen molar-refractivity contribution in [2.75, 3.05) is 6.61 Å². The largest absolute Gasteiger partial charge is 0.492 e. The Morgan fingerprint density at radius 2 is 1.82 bits per heavy atom. The van der Waals surface area contributed by atoms with Crippen LogP contribution in [0.25, 0.3) is 17.0 Å². The number of carbonyl (C=O) groups excluding carboxylic acids is 2. The van der Waals surface area contributed by atoms with Gasteiger partial charge in [-0.2, -0.15) is 0 Å². The summed E-state index contributed by atoms with van der Waals surface area (Å²) >= 11 is 0.916. The lowest BCUT2D eigenvalue weighted by Crippen LogP contribution is -2.17. The summed E-state index contributed by atoms with van der Waals surface area (Å²) in [5, 5.41) is 3.20. The van der Waals surface area contributed by atoms with E-state index < -0.39 is 0 Å². The minimum Gasteiger partial charge on any atom is -0.492 e. The smallest absolute Gasteiger partial charge is 0.290 e. The summed E-state index contributed by atoms with van der Waals surface area (Å²) in [6.45, 7) is 5.62. The highest BCUT2D eigenvalue weighted by Crippen LogP contribution is 2.27. The molecule has 28 heavy (non-hydrogen) atoms. The molecular weight excluding hydrogens is 372 g/mol. The van der Waals surface area contributed by atoms with Crippen LogP contribution >= 0.6 is 11.8 Å². The highest BCUT2D eigenvalue weighted by atomic mass is 32.2. The van der Waals surface area contributed by atoms with Crippen LogP contribution in [-0.4, -0.2) is 22.3 Å². The molecule has 0 atom stereocenters. The van der Waals surface area contributed by atoms with Crippen LogP contribution in [0.15, 0.2) is 53.4 Å². The van der Waals surface area contributed by atoms with Crippen LogP contribution in [0.3, 0.4) is 0 Å². The number of carbonyl (C=O) groups is 2. The highest BCUT2D eigenvalue weighted by molar-refractivity contribution is 8.18. The molecule has 2 amide bonds. The zero-order valence-electron chi connectivity index (χ0n) is 15.7. The van der Waals surface area contributed by atoms with E-state index in [2.05, 4.69) is 48.0 Å². The second-order valence-electron chi connectivity index (χ2n) is 6.65. The molecule has 0 unspecified atom stereocenters. The van der Waals surface area contributed by atoms with Crippen LogP contribution in [0, 0.1) is 13.8 Å². The lowest BCUT2D eigenvalue weighted by Gasteiger charge is -2.10. The average molecular weight is 392 g/mol. The van der Waals surface area contributed by atoms with Gasteiger partial charge in [0.05, 0.1) is 11.4 Å². The quantitative estimate of drug-likeness (QED) is 0.642. The van der Waals surface area contributed by atoms with Gasteiger partial charge in [0.15, 0.2) is 0 Å². The van der Waals surface area contributed by atoms with Crippen LogP contribution in [0.2, 0.25) is 0 Å². The predicted molar refractivity (Wildman–Crippen MR) is 112 cm³/mol. The Bertz CT molecular complexity index is 1100. The van der Waals surface area contributed by atoms with Gasteiger partial charge in [0.2, 0.25) is 0 Å². The number of nitrogens with zero attached hydrogens (tertiary/aromatic N) is 1. The molecule has 4 rings (SSSR count). The van der Waals surface area contributed by atoms with E-state index in [-0.39, 0.29) is 11.1 Å². The van der Waals surface area contributed by atoms with Gasteiger partial charge in [-0.05, 0) is 61.0 Å². The first-order chi connectivity index (χ1) is 13.5. The topological polar surface area (TPSA) is 60.3 Å². The molecule has 2 heterocycles. The van der Waals surface area contributed by atoms with Crippen LogP contribution < -0.4 is 10.1 Å². The number of imide groups is 1. The van der Waals surface area contributed by atoms with Gasteiger partial charge in [-0.1, -0.05) is 30.3 Å². The van der Waals surface area contributed by atoms with Gasteiger partial charge in [0.25, 0.3) is 11.1 Å². The fraction of sp³-hybridized carbons (Fsp3) is 0.182. The number of thioether (sulfide) groups is 1. The van der Waals surface area contributed by atoms with E-state index in [9.17, 15) is 9.59 Å². The summed E-state index contributed by atoms with van der Waals surface area (Å²) in [4.78, 5) is 23.2. The van der Waals surface area contributed by atoms with Crippen LogP contribution in [0.4, 0.5) is 4.79 Å². The van der Waals surface area contributed by atoms with Crippen molar-refractivity contribution in [3.05, 3.63) is 70.3 Å². The van der Waals surface area contributed by atoms with Crippen molar-refractivity contribution in [1.29, 1.82) is 0 Å². The number of aromatic nitrogens is 1. The zero-order valence-corrected chi connectivity index (χ0v) is 16.5. The monoisotopic (exact) mass is 392 g/mol. The second kappa shape index (κ2) is 7.56. The standard InChI is InChI=1S/C22H20N2O3S/c1-14-15(2)24(19-6-4-3-5-18(14)19)11-12-27-17-9-7-16(8-10-17)13-20-21(25)23-22(26)28-20/h3-10,13H,11-12H2,1-2H3,(H,23,25,26)/b20-13+. The summed E-state index contributed by atoms with van der Waals surface area (Å²) in [6, 6.07) is 15.9. The number of nitrogens with one attached hydrogen (secondary N) is 1. The second-order valence-corrected chi connectivity index (χ2v) is 7.66. The van der Waals surface area contributed by atoms with E-state index in [1.807, 2.05) is 24.3 Å². The maximum atomic E-state index is 11.6. The first-order valence-corrected chi connectivity index (χ1v) is 9.87. The summed E-state index contributed by atoms with van der Waals surface area (Å²) in [5.41, 5.74) is 4.64. The molecule has 0 bridgehead atoms. The van der Waals surface area contributed by atoms with Crippen LogP contribution in [0.1, 0.15) is 16.8 Å². The fourth-order valence-electron chi connectivity index (χ4n) is 3.38. The van der Waals surface area contributed by atoms with Gasteiger partial charge in [-0.3, -0.25) is 14.9 Å². The molecule has 1 N–H and O–H groups in total. The van der Waals surface area contributed by atoms with Crippen molar-refractivity contribution >= 4 is 39.9 Å². The summed E-state index contributed by atoms with van der Waals surface area (Å²) in [6.07, 6.45) is 1.70. The molecular formula is C22H20N2O3S. The minimum atomic E-state index is -0.347. The fourth-order valence-corrected chi connectivity index (χ4v) is 4.06. The van der Waals surface area contributed by atoms with Crippen molar-refractivity contribution in [2.24, 2.45) is 0 Å². The molecule has 0 spiro atoms. The van der Waals surface area contributed by atoms with Gasteiger partial charge in [-0.15, -0.1) is 0 Å². The number of benzene rings is 2. The first-order valence-electron chi connectivity index (χ1n) is 9.05.